The molecule has 19 heavy (non-hydrogen) atoms. The van der Waals surface area contributed by atoms with Crippen molar-refractivity contribution in [3.63, 3.8) is 0 Å². The molecular weight excluding hydrogens is 244 g/mol. The highest BCUT2D eigenvalue weighted by Crippen LogP contribution is 2.32. The molecule has 2 rings (SSSR count). The van der Waals surface area contributed by atoms with Gasteiger partial charge >= 0.3 is 0 Å². The lowest BCUT2D eigenvalue weighted by atomic mass is 9.78. The number of nitrogens with two attached hydrogens (primary N) is 1. The van der Waals surface area contributed by atoms with Gasteiger partial charge in [0.1, 0.15) is 0 Å². The van der Waals surface area contributed by atoms with Crippen LogP contribution in [0.3, 0.4) is 0 Å². The molecule has 110 valence electrons. The molecule has 2 saturated heterocycles. The van der Waals surface area contributed by atoms with E-state index in [9.17, 15) is 4.79 Å². The van der Waals surface area contributed by atoms with Crippen LogP contribution in [0, 0.1) is 5.41 Å². The summed E-state index contributed by atoms with van der Waals surface area (Å²) in [6.45, 7) is 7.19. The first-order valence-electron chi connectivity index (χ1n) is 7.34. The molecule has 2 fully saturated rings. The fraction of sp³-hybridized carbons (Fsp3) is 0.929. The molecule has 0 radical (unpaired) electrons. The summed E-state index contributed by atoms with van der Waals surface area (Å²) in [5.74, 6) is 0.201. The molecule has 2 unspecified atom stereocenters. The fourth-order valence-electron chi connectivity index (χ4n) is 3.04. The topological polar surface area (TPSA) is 64.8 Å². The van der Waals surface area contributed by atoms with Gasteiger partial charge in [-0.3, -0.25) is 4.79 Å². The van der Waals surface area contributed by atoms with Crippen LogP contribution >= 0.6 is 0 Å². The van der Waals surface area contributed by atoms with Crippen LogP contribution in [-0.2, 0) is 14.3 Å². The molecule has 1 amide bonds. The van der Waals surface area contributed by atoms with Crippen molar-refractivity contribution in [3.05, 3.63) is 0 Å². The molecule has 2 aliphatic heterocycles. The summed E-state index contributed by atoms with van der Waals surface area (Å²) in [6, 6.07) is 0. The third-order valence-electron chi connectivity index (χ3n) is 4.36. The predicted octanol–water partition coefficient (Wildman–Crippen LogP) is 0.768. The number of ether oxygens (including phenoxy) is 2. The second-order valence-corrected chi connectivity index (χ2v) is 5.78. The van der Waals surface area contributed by atoms with Crippen molar-refractivity contribution >= 4 is 5.91 Å². The number of carbonyl (C=O) groups is 1. The number of carbonyl (C=O) groups excluding carboxylic acids is 1. The van der Waals surface area contributed by atoms with Crippen LogP contribution in [0.2, 0.25) is 0 Å². The van der Waals surface area contributed by atoms with Crippen LogP contribution in [0.5, 0.6) is 0 Å². The first-order chi connectivity index (χ1) is 9.11. The van der Waals surface area contributed by atoms with Gasteiger partial charge < -0.3 is 20.1 Å². The number of rotatable bonds is 3. The molecular formula is C14H26N2O3. The summed E-state index contributed by atoms with van der Waals surface area (Å²) in [5.41, 5.74) is 5.50. The SMILES string of the molecule is CCC1CN(C(=O)C2(CN)CCOCC2)CC(C)O1. The van der Waals surface area contributed by atoms with Gasteiger partial charge in [0, 0.05) is 32.8 Å². The summed E-state index contributed by atoms with van der Waals surface area (Å²) in [4.78, 5) is 14.8. The second kappa shape index (κ2) is 6.20. The highest BCUT2D eigenvalue weighted by atomic mass is 16.5. The van der Waals surface area contributed by atoms with Gasteiger partial charge in [-0.05, 0) is 26.2 Å². The van der Waals surface area contributed by atoms with Gasteiger partial charge in [-0.2, -0.15) is 0 Å². The van der Waals surface area contributed by atoms with Crippen molar-refractivity contribution in [2.24, 2.45) is 11.1 Å². The van der Waals surface area contributed by atoms with Crippen LogP contribution in [0.15, 0.2) is 0 Å². The van der Waals surface area contributed by atoms with Gasteiger partial charge in [0.15, 0.2) is 0 Å². The van der Waals surface area contributed by atoms with E-state index in [4.69, 9.17) is 15.2 Å². The normalized spacial score (nSPS) is 31.2. The molecule has 0 saturated carbocycles. The zero-order valence-corrected chi connectivity index (χ0v) is 12.1. The summed E-state index contributed by atoms with van der Waals surface area (Å²) in [6.07, 6.45) is 2.68. The molecule has 5 heteroatoms. The summed E-state index contributed by atoms with van der Waals surface area (Å²) in [5, 5.41) is 0. The van der Waals surface area contributed by atoms with Crippen molar-refractivity contribution < 1.29 is 14.3 Å². The van der Waals surface area contributed by atoms with E-state index in [1.54, 1.807) is 0 Å². The molecule has 0 bridgehead atoms. The van der Waals surface area contributed by atoms with E-state index < -0.39 is 5.41 Å². The minimum atomic E-state index is -0.409. The molecule has 0 aliphatic carbocycles. The molecule has 5 nitrogen and oxygen atoms in total. The van der Waals surface area contributed by atoms with Gasteiger partial charge in [-0.1, -0.05) is 6.92 Å². The zero-order chi connectivity index (χ0) is 13.9. The van der Waals surface area contributed by atoms with E-state index in [0.717, 1.165) is 19.3 Å². The number of nitrogens with zero attached hydrogens (tertiary/aromatic N) is 1. The summed E-state index contributed by atoms with van der Waals surface area (Å²) < 4.78 is 11.2. The largest absolute Gasteiger partial charge is 0.381 e. The summed E-state index contributed by atoms with van der Waals surface area (Å²) in [7, 11) is 0. The van der Waals surface area contributed by atoms with Gasteiger partial charge in [0.2, 0.25) is 5.91 Å². The first-order valence-corrected chi connectivity index (χ1v) is 7.34. The van der Waals surface area contributed by atoms with Crippen LogP contribution in [-0.4, -0.2) is 55.9 Å². The lowest BCUT2D eigenvalue weighted by Crippen LogP contribution is -2.56. The molecule has 2 aliphatic rings. The minimum Gasteiger partial charge on any atom is -0.381 e. The van der Waals surface area contributed by atoms with E-state index in [1.807, 2.05) is 11.8 Å². The molecule has 0 aromatic rings. The highest BCUT2D eigenvalue weighted by molar-refractivity contribution is 5.83. The van der Waals surface area contributed by atoms with Crippen molar-refractivity contribution in [3.8, 4) is 0 Å². The van der Waals surface area contributed by atoms with E-state index >= 15 is 0 Å². The molecule has 2 N–H and O–H groups in total. The minimum absolute atomic E-state index is 0.109. The number of hydrogen-bond donors (Lipinski definition) is 1. The van der Waals surface area contributed by atoms with E-state index in [1.165, 1.54) is 0 Å². The van der Waals surface area contributed by atoms with Crippen LogP contribution < -0.4 is 5.73 Å². The monoisotopic (exact) mass is 270 g/mol. The molecule has 0 spiro atoms. The van der Waals surface area contributed by atoms with Crippen LogP contribution in [0.4, 0.5) is 0 Å². The number of hydrogen-bond acceptors (Lipinski definition) is 4. The third kappa shape index (κ3) is 3.09. The number of morpholine rings is 1. The summed E-state index contributed by atoms with van der Waals surface area (Å²) >= 11 is 0. The Morgan fingerprint density at radius 1 is 1.37 bits per heavy atom. The van der Waals surface area contributed by atoms with Crippen LogP contribution in [0.1, 0.15) is 33.1 Å². The van der Waals surface area contributed by atoms with E-state index in [0.29, 0.717) is 32.8 Å². The third-order valence-corrected chi connectivity index (χ3v) is 4.36. The Morgan fingerprint density at radius 3 is 2.63 bits per heavy atom. The molecule has 0 aromatic heterocycles. The van der Waals surface area contributed by atoms with Gasteiger partial charge in [0.25, 0.3) is 0 Å². The highest BCUT2D eigenvalue weighted by Gasteiger charge is 2.43. The maximum absolute atomic E-state index is 12.8. The lowest BCUT2D eigenvalue weighted by molar-refractivity contribution is -0.159. The standard InChI is InChI=1S/C14H26N2O3/c1-3-12-9-16(8-11(2)19-12)13(17)14(10-15)4-6-18-7-5-14/h11-12H,3-10,15H2,1-2H3. The Hall–Kier alpha value is -0.650. The maximum atomic E-state index is 12.8. The van der Waals surface area contributed by atoms with Gasteiger partial charge in [-0.25, -0.2) is 0 Å². The first kappa shape index (κ1) is 14.8. The van der Waals surface area contributed by atoms with Gasteiger partial charge in [0.05, 0.1) is 17.6 Å². The second-order valence-electron chi connectivity index (χ2n) is 5.78. The number of amides is 1. The van der Waals surface area contributed by atoms with Crippen molar-refractivity contribution in [2.45, 2.75) is 45.3 Å². The Kier molecular flexibility index (Phi) is 4.81. The van der Waals surface area contributed by atoms with Gasteiger partial charge in [-0.15, -0.1) is 0 Å². The van der Waals surface area contributed by atoms with Crippen LogP contribution in [0.25, 0.3) is 0 Å². The zero-order valence-electron chi connectivity index (χ0n) is 12.1. The Bertz CT molecular complexity index is 316. The fourth-order valence-corrected chi connectivity index (χ4v) is 3.04. The Labute approximate surface area is 115 Å². The van der Waals surface area contributed by atoms with E-state index in [-0.39, 0.29) is 18.1 Å². The average molecular weight is 270 g/mol. The lowest BCUT2D eigenvalue weighted by Gasteiger charge is -2.43. The smallest absolute Gasteiger partial charge is 0.230 e. The average Bonchev–Trinajstić information content (AvgIpc) is 2.46. The quantitative estimate of drug-likeness (QED) is 0.822. The molecule has 0 aromatic carbocycles. The Balaban J connectivity index is 2.08. The van der Waals surface area contributed by atoms with Crippen molar-refractivity contribution in [1.82, 2.24) is 4.90 Å². The Morgan fingerprint density at radius 2 is 2.05 bits per heavy atom. The van der Waals surface area contributed by atoms with Crippen molar-refractivity contribution in [1.29, 1.82) is 0 Å². The maximum Gasteiger partial charge on any atom is 0.230 e. The predicted molar refractivity (Wildman–Crippen MR) is 72.7 cm³/mol. The molecule has 2 atom stereocenters. The molecule has 2 heterocycles. The van der Waals surface area contributed by atoms with E-state index in [2.05, 4.69) is 6.92 Å². The van der Waals surface area contributed by atoms with Crippen molar-refractivity contribution in [2.75, 3.05) is 32.8 Å².